The van der Waals surface area contributed by atoms with Gasteiger partial charge in [-0.1, -0.05) is 0 Å². The van der Waals surface area contributed by atoms with E-state index in [1.165, 1.54) is 0 Å². The van der Waals surface area contributed by atoms with Crippen molar-refractivity contribution >= 4 is 18.4 Å². The van der Waals surface area contributed by atoms with Crippen LogP contribution in [0, 0.1) is 0 Å². The van der Waals surface area contributed by atoms with Gasteiger partial charge in [-0.25, -0.2) is 9.98 Å². The Balaban J connectivity index is 0. The molecule has 0 spiro atoms. The zero-order valence-electron chi connectivity index (χ0n) is 8.50. The van der Waals surface area contributed by atoms with Crippen molar-refractivity contribution in [1.29, 1.82) is 0 Å². The van der Waals surface area contributed by atoms with Gasteiger partial charge in [0.1, 0.15) is 0 Å². The van der Waals surface area contributed by atoms with E-state index >= 15 is 0 Å². The predicted octanol–water partition coefficient (Wildman–Crippen LogP) is 0.409. The van der Waals surface area contributed by atoms with Crippen molar-refractivity contribution in [2.45, 2.75) is 13.0 Å². The Morgan fingerprint density at radius 2 is 2.00 bits per heavy atom. The average molecular weight is 207 g/mol. The molecule has 0 heterocycles. The zero-order valence-corrected chi connectivity index (χ0v) is 9.32. The second-order valence-electron chi connectivity index (χ2n) is 2.46. The lowest BCUT2D eigenvalue weighted by Crippen LogP contribution is -2.37. The van der Waals surface area contributed by atoms with E-state index in [4.69, 9.17) is 0 Å². The fraction of sp³-hybridized carbons (Fsp3) is 0.875. The topological polar surface area (TPSA) is 48.8 Å². The van der Waals surface area contributed by atoms with E-state index in [9.17, 15) is 0 Å². The molecular weight excluding hydrogens is 188 g/mol. The lowest BCUT2D eigenvalue weighted by Gasteiger charge is -2.10. The van der Waals surface area contributed by atoms with Gasteiger partial charge in [0, 0.05) is 19.1 Å². The van der Waals surface area contributed by atoms with E-state index in [0.717, 1.165) is 19.6 Å². The highest BCUT2D eigenvalue weighted by Gasteiger charge is 2.00. The molecule has 4 nitrogen and oxygen atoms in total. The molecule has 0 aliphatic heterocycles. The molecule has 0 bridgehead atoms. The summed E-state index contributed by atoms with van der Waals surface area (Å²) < 4.78 is 0. The van der Waals surface area contributed by atoms with Crippen molar-refractivity contribution in [3.8, 4) is 0 Å². The number of rotatable bonds is 6. The minimum absolute atomic E-state index is 0. The number of halogens is 1. The van der Waals surface area contributed by atoms with Crippen LogP contribution in [0.15, 0.2) is 9.98 Å². The molecule has 0 aliphatic carbocycles. The molecule has 0 saturated carbocycles. The molecule has 0 saturated heterocycles. The third-order valence-corrected chi connectivity index (χ3v) is 1.47. The number of likely N-dealkylation sites (N-methyl/N-ethyl adjacent to an activating group) is 2. The second-order valence-corrected chi connectivity index (χ2v) is 2.46. The first-order valence-corrected chi connectivity index (χ1v) is 4.25. The summed E-state index contributed by atoms with van der Waals surface area (Å²) >= 11 is 0. The highest BCUT2D eigenvalue weighted by atomic mass is 35.5. The third kappa shape index (κ3) is 9.50. The summed E-state index contributed by atoms with van der Waals surface area (Å²) in [5, 5.41) is 6.22. The number of hydrogen-bond donors (Lipinski definition) is 2. The van der Waals surface area contributed by atoms with Gasteiger partial charge in [-0.15, -0.1) is 12.4 Å². The molecule has 2 N–H and O–H groups in total. The monoisotopic (exact) mass is 206 g/mol. The Bertz CT molecular complexity index is 154. The summed E-state index contributed by atoms with van der Waals surface area (Å²) in [4.78, 5) is 7.91. The smallest absolute Gasteiger partial charge is 0.0893 e. The van der Waals surface area contributed by atoms with Gasteiger partial charge in [0.05, 0.1) is 12.6 Å². The summed E-state index contributed by atoms with van der Waals surface area (Å²) in [6.45, 7) is 4.35. The minimum atomic E-state index is 0. The van der Waals surface area contributed by atoms with Crippen LogP contribution < -0.4 is 10.6 Å². The Hall–Kier alpha value is -0.410. The summed E-state index contributed by atoms with van der Waals surface area (Å²) in [7, 11) is 3.85. The molecule has 0 radical (unpaired) electrons. The fourth-order valence-electron chi connectivity index (χ4n) is 0.776. The highest BCUT2D eigenvalue weighted by molar-refractivity contribution is 5.85. The van der Waals surface area contributed by atoms with E-state index < -0.39 is 0 Å². The zero-order chi connectivity index (χ0) is 9.23. The number of nitrogens with zero attached hydrogens (tertiary/aromatic N) is 2. The molecule has 0 fully saturated rings. The van der Waals surface area contributed by atoms with Crippen molar-refractivity contribution in [2.24, 2.45) is 9.98 Å². The summed E-state index contributed by atoms with van der Waals surface area (Å²) in [5.74, 6) is 0. The van der Waals surface area contributed by atoms with Crippen LogP contribution in [0.25, 0.3) is 0 Å². The largest absolute Gasteiger partial charge is 0.318 e. The SMILES string of the molecule is CCN=C=NCC(CNC)NC.Cl. The van der Waals surface area contributed by atoms with Crippen molar-refractivity contribution in [1.82, 2.24) is 10.6 Å². The molecule has 0 aromatic carbocycles. The van der Waals surface area contributed by atoms with Crippen LogP contribution in [-0.4, -0.2) is 45.8 Å². The Morgan fingerprint density at radius 1 is 1.31 bits per heavy atom. The first-order chi connectivity index (χ1) is 5.85. The van der Waals surface area contributed by atoms with Gasteiger partial charge >= 0.3 is 0 Å². The summed E-state index contributed by atoms with van der Waals surface area (Å²) in [5.41, 5.74) is 0. The standard InChI is InChI=1S/C8H18N4.ClH/c1-4-11-7-12-6-8(10-3)5-9-2;/h8-10H,4-6H2,1-3H3;1H. The van der Waals surface area contributed by atoms with Crippen LogP contribution in [0.3, 0.4) is 0 Å². The predicted molar refractivity (Wildman–Crippen MR) is 59.3 cm³/mol. The molecule has 0 amide bonds. The van der Waals surface area contributed by atoms with Gasteiger partial charge in [-0.2, -0.15) is 0 Å². The quantitative estimate of drug-likeness (QED) is 0.619. The van der Waals surface area contributed by atoms with Gasteiger partial charge in [0.15, 0.2) is 0 Å². The van der Waals surface area contributed by atoms with E-state index in [1.54, 1.807) is 0 Å². The number of hydrogen-bond acceptors (Lipinski definition) is 4. The Kier molecular flexibility index (Phi) is 13.4. The average Bonchev–Trinajstić information content (AvgIpc) is 2.10. The van der Waals surface area contributed by atoms with Gasteiger partial charge in [-0.05, 0) is 21.0 Å². The van der Waals surface area contributed by atoms with Crippen LogP contribution in [-0.2, 0) is 0 Å². The lowest BCUT2D eigenvalue weighted by molar-refractivity contribution is 0.543. The van der Waals surface area contributed by atoms with Gasteiger partial charge in [0.2, 0.25) is 0 Å². The van der Waals surface area contributed by atoms with E-state index in [-0.39, 0.29) is 12.4 Å². The van der Waals surface area contributed by atoms with Crippen LogP contribution in [0.4, 0.5) is 0 Å². The summed E-state index contributed by atoms with van der Waals surface area (Å²) in [6, 6.07) is 3.01. The number of nitrogens with one attached hydrogen (secondary N) is 2. The molecule has 1 unspecified atom stereocenters. The van der Waals surface area contributed by atoms with E-state index in [0.29, 0.717) is 6.04 Å². The van der Waals surface area contributed by atoms with Crippen molar-refractivity contribution in [2.75, 3.05) is 33.7 Å². The Labute approximate surface area is 86.3 Å². The molecule has 78 valence electrons. The van der Waals surface area contributed by atoms with Crippen molar-refractivity contribution in [3.05, 3.63) is 0 Å². The minimum Gasteiger partial charge on any atom is -0.318 e. The number of aliphatic imine (C=N–C) groups is 2. The van der Waals surface area contributed by atoms with Gasteiger partial charge < -0.3 is 10.6 Å². The van der Waals surface area contributed by atoms with Crippen molar-refractivity contribution in [3.63, 3.8) is 0 Å². The molecule has 0 aliphatic rings. The van der Waals surface area contributed by atoms with E-state index in [2.05, 4.69) is 26.6 Å². The molecule has 5 heteroatoms. The third-order valence-electron chi connectivity index (χ3n) is 1.47. The molecule has 0 rings (SSSR count). The molecule has 13 heavy (non-hydrogen) atoms. The van der Waals surface area contributed by atoms with Crippen LogP contribution in [0.1, 0.15) is 6.92 Å². The normalized spacial score (nSPS) is 11.0. The lowest BCUT2D eigenvalue weighted by atomic mass is 10.3. The second kappa shape index (κ2) is 11.6. The molecule has 0 aromatic heterocycles. The van der Waals surface area contributed by atoms with E-state index in [1.807, 2.05) is 21.0 Å². The first kappa shape index (κ1) is 15.1. The molecule has 1 atom stereocenters. The van der Waals surface area contributed by atoms with Gasteiger partial charge in [-0.3, -0.25) is 0 Å². The maximum Gasteiger partial charge on any atom is 0.0893 e. The van der Waals surface area contributed by atoms with Crippen LogP contribution in [0.5, 0.6) is 0 Å². The van der Waals surface area contributed by atoms with Crippen molar-refractivity contribution < 1.29 is 0 Å². The van der Waals surface area contributed by atoms with Crippen LogP contribution >= 0.6 is 12.4 Å². The Morgan fingerprint density at radius 3 is 2.46 bits per heavy atom. The fourth-order valence-corrected chi connectivity index (χ4v) is 0.776. The molecule has 0 aromatic rings. The van der Waals surface area contributed by atoms with Gasteiger partial charge in [0.25, 0.3) is 0 Å². The highest BCUT2D eigenvalue weighted by Crippen LogP contribution is 1.80. The molecular formula is C8H19ClN4. The van der Waals surface area contributed by atoms with Crippen LogP contribution in [0.2, 0.25) is 0 Å². The summed E-state index contributed by atoms with van der Waals surface area (Å²) in [6.07, 6.45) is 0. The maximum atomic E-state index is 4.03. The maximum absolute atomic E-state index is 4.03. The first-order valence-electron chi connectivity index (χ1n) is 4.25.